The highest BCUT2D eigenvalue weighted by Gasteiger charge is 2.31. The summed E-state index contributed by atoms with van der Waals surface area (Å²) >= 11 is 0. The number of amides is 1. The first kappa shape index (κ1) is 18.1. The van der Waals surface area contributed by atoms with Crippen molar-refractivity contribution in [2.75, 3.05) is 6.54 Å². The first-order valence-corrected chi connectivity index (χ1v) is 7.46. The van der Waals surface area contributed by atoms with Gasteiger partial charge in [-0.1, -0.05) is 0 Å². The SMILES string of the molecule is Cl.NCC(NC(=O)c1ccc(=O)n(-c2ccc(F)cc2)n1)C1CC1. The van der Waals surface area contributed by atoms with Gasteiger partial charge in [0.15, 0.2) is 0 Å². The molecule has 0 saturated heterocycles. The van der Waals surface area contributed by atoms with Crippen LogP contribution in [-0.4, -0.2) is 28.3 Å². The van der Waals surface area contributed by atoms with Crippen LogP contribution in [0.15, 0.2) is 41.2 Å². The van der Waals surface area contributed by atoms with Crippen LogP contribution in [0.2, 0.25) is 0 Å². The van der Waals surface area contributed by atoms with Gasteiger partial charge >= 0.3 is 0 Å². The third-order valence-electron chi connectivity index (χ3n) is 3.87. The van der Waals surface area contributed by atoms with E-state index in [9.17, 15) is 14.0 Å². The van der Waals surface area contributed by atoms with Crippen molar-refractivity contribution in [1.29, 1.82) is 0 Å². The van der Waals surface area contributed by atoms with Gasteiger partial charge in [0, 0.05) is 18.7 Å². The minimum atomic E-state index is -0.411. The number of halogens is 2. The summed E-state index contributed by atoms with van der Waals surface area (Å²) < 4.78 is 14.1. The van der Waals surface area contributed by atoms with Gasteiger partial charge in [0.25, 0.3) is 11.5 Å². The van der Waals surface area contributed by atoms with Crippen LogP contribution < -0.4 is 16.6 Å². The molecule has 24 heavy (non-hydrogen) atoms. The molecule has 0 aliphatic heterocycles. The molecule has 6 nitrogen and oxygen atoms in total. The Balaban J connectivity index is 0.00000208. The molecule has 8 heteroatoms. The number of nitrogens with two attached hydrogens (primary N) is 1. The minimum absolute atomic E-state index is 0. The zero-order chi connectivity index (χ0) is 16.4. The molecule has 3 rings (SSSR count). The molecule has 1 aromatic carbocycles. The number of aromatic nitrogens is 2. The largest absolute Gasteiger partial charge is 0.346 e. The lowest BCUT2D eigenvalue weighted by Gasteiger charge is -2.15. The van der Waals surface area contributed by atoms with Gasteiger partial charge in [0.1, 0.15) is 11.5 Å². The van der Waals surface area contributed by atoms with E-state index in [0.717, 1.165) is 17.5 Å². The zero-order valence-corrected chi connectivity index (χ0v) is 13.6. The van der Waals surface area contributed by atoms with Gasteiger partial charge < -0.3 is 11.1 Å². The van der Waals surface area contributed by atoms with Gasteiger partial charge in [-0.3, -0.25) is 9.59 Å². The zero-order valence-electron chi connectivity index (χ0n) is 12.8. The maximum Gasteiger partial charge on any atom is 0.272 e. The average Bonchev–Trinajstić information content (AvgIpc) is 3.38. The topological polar surface area (TPSA) is 90.0 Å². The van der Waals surface area contributed by atoms with Gasteiger partial charge in [0.2, 0.25) is 0 Å². The minimum Gasteiger partial charge on any atom is -0.346 e. The Morgan fingerprint density at radius 3 is 2.54 bits per heavy atom. The average molecular weight is 353 g/mol. The number of hydrogen-bond acceptors (Lipinski definition) is 4. The maximum absolute atomic E-state index is 13.0. The third-order valence-corrected chi connectivity index (χ3v) is 3.87. The molecule has 0 bridgehead atoms. The summed E-state index contributed by atoms with van der Waals surface area (Å²) in [6.45, 7) is 0.369. The third kappa shape index (κ3) is 3.98. The lowest BCUT2D eigenvalue weighted by Crippen LogP contribution is -2.42. The van der Waals surface area contributed by atoms with Gasteiger partial charge in [-0.15, -0.1) is 12.4 Å². The Morgan fingerprint density at radius 1 is 1.29 bits per heavy atom. The van der Waals surface area contributed by atoms with Crippen LogP contribution in [0.4, 0.5) is 4.39 Å². The number of benzene rings is 1. The number of nitrogens with one attached hydrogen (secondary N) is 1. The number of rotatable bonds is 5. The van der Waals surface area contributed by atoms with Gasteiger partial charge in [-0.25, -0.2) is 4.39 Å². The molecule has 1 atom stereocenters. The van der Waals surface area contributed by atoms with Gasteiger partial charge in [-0.2, -0.15) is 9.78 Å². The fourth-order valence-electron chi connectivity index (χ4n) is 2.41. The molecule has 2 aromatic rings. The number of carbonyl (C=O) groups is 1. The number of carbonyl (C=O) groups excluding carboxylic acids is 1. The van der Waals surface area contributed by atoms with Crippen LogP contribution in [0.25, 0.3) is 5.69 Å². The molecular weight excluding hydrogens is 335 g/mol. The molecule has 0 radical (unpaired) electrons. The maximum atomic E-state index is 13.0. The Bertz CT molecular complexity index is 774. The van der Waals surface area contributed by atoms with Crippen LogP contribution in [-0.2, 0) is 0 Å². The van der Waals surface area contributed by atoms with Crippen LogP contribution >= 0.6 is 12.4 Å². The molecule has 1 fully saturated rings. The summed E-state index contributed by atoms with van der Waals surface area (Å²) in [4.78, 5) is 24.2. The molecular formula is C16H18ClFN4O2. The normalized spacial score (nSPS) is 14.6. The molecule has 1 heterocycles. The van der Waals surface area contributed by atoms with E-state index >= 15 is 0 Å². The van der Waals surface area contributed by atoms with Crippen LogP contribution in [0.1, 0.15) is 23.3 Å². The van der Waals surface area contributed by atoms with Crippen LogP contribution in [0, 0.1) is 11.7 Å². The van der Waals surface area contributed by atoms with Crippen molar-refractivity contribution < 1.29 is 9.18 Å². The Morgan fingerprint density at radius 2 is 1.96 bits per heavy atom. The van der Waals surface area contributed by atoms with E-state index < -0.39 is 11.4 Å². The Kier molecular flexibility index (Phi) is 5.69. The molecule has 3 N–H and O–H groups in total. The van der Waals surface area contributed by atoms with Gasteiger partial charge in [0.05, 0.1) is 5.69 Å². The predicted octanol–water partition coefficient (Wildman–Crippen LogP) is 1.26. The summed E-state index contributed by atoms with van der Waals surface area (Å²) in [6.07, 6.45) is 2.12. The van der Waals surface area contributed by atoms with E-state index in [0.29, 0.717) is 18.2 Å². The van der Waals surface area contributed by atoms with E-state index in [1.807, 2.05) is 0 Å². The molecule has 1 amide bonds. The predicted molar refractivity (Wildman–Crippen MR) is 90.1 cm³/mol. The summed E-state index contributed by atoms with van der Waals surface area (Å²) in [5.74, 6) is -0.360. The van der Waals surface area contributed by atoms with E-state index in [-0.39, 0.29) is 30.0 Å². The van der Waals surface area contributed by atoms with Gasteiger partial charge in [-0.05, 0) is 49.1 Å². The monoisotopic (exact) mass is 352 g/mol. The lowest BCUT2D eigenvalue weighted by atomic mass is 10.2. The fourth-order valence-corrected chi connectivity index (χ4v) is 2.41. The molecule has 1 saturated carbocycles. The summed E-state index contributed by atoms with van der Waals surface area (Å²) in [5, 5.41) is 6.92. The second kappa shape index (κ2) is 7.55. The lowest BCUT2D eigenvalue weighted by molar-refractivity contribution is 0.0926. The summed E-state index contributed by atoms with van der Waals surface area (Å²) in [6, 6.07) is 7.88. The highest BCUT2D eigenvalue weighted by atomic mass is 35.5. The number of hydrogen-bond donors (Lipinski definition) is 2. The first-order chi connectivity index (χ1) is 11.1. The second-order valence-corrected chi connectivity index (χ2v) is 5.60. The highest BCUT2D eigenvalue weighted by molar-refractivity contribution is 5.92. The Hall–Kier alpha value is -2.25. The molecule has 1 aliphatic carbocycles. The van der Waals surface area contributed by atoms with Crippen LogP contribution in [0.3, 0.4) is 0 Å². The van der Waals surface area contributed by atoms with E-state index in [1.54, 1.807) is 0 Å². The molecule has 1 unspecified atom stereocenters. The van der Waals surface area contributed by atoms with E-state index in [2.05, 4.69) is 10.4 Å². The Labute approximate surface area is 144 Å². The smallest absolute Gasteiger partial charge is 0.272 e. The van der Waals surface area contributed by atoms with Crippen molar-refractivity contribution in [3.63, 3.8) is 0 Å². The fraction of sp³-hybridized carbons (Fsp3) is 0.312. The van der Waals surface area contributed by atoms with E-state index in [4.69, 9.17) is 5.73 Å². The quantitative estimate of drug-likeness (QED) is 0.847. The summed E-state index contributed by atoms with van der Waals surface area (Å²) in [7, 11) is 0. The summed E-state index contributed by atoms with van der Waals surface area (Å²) in [5.41, 5.74) is 5.79. The standard InChI is InChI=1S/C16H17FN4O2.ClH/c17-11-3-5-12(6-4-11)21-15(22)8-7-13(20-21)16(23)19-14(9-18)10-1-2-10;/h3-8,10,14H,1-2,9,18H2,(H,19,23);1H. The van der Waals surface area contributed by atoms with Crippen molar-refractivity contribution in [2.45, 2.75) is 18.9 Å². The molecule has 1 aromatic heterocycles. The highest BCUT2D eigenvalue weighted by Crippen LogP contribution is 2.32. The van der Waals surface area contributed by atoms with Crippen molar-refractivity contribution in [3.05, 3.63) is 58.3 Å². The van der Waals surface area contributed by atoms with Crippen molar-refractivity contribution in [2.24, 2.45) is 11.7 Å². The molecule has 128 valence electrons. The van der Waals surface area contributed by atoms with Crippen LogP contribution in [0.5, 0.6) is 0 Å². The second-order valence-electron chi connectivity index (χ2n) is 5.60. The first-order valence-electron chi connectivity index (χ1n) is 7.46. The molecule has 1 aliphatic rings. The molecule has 0 spiro atoms. The van der Waals surface area contributed by atoms with Crippen molar-refractivity contribution >= 4 is 18.3 Å². The van der Waals surface area contributed by atoms with E-state index in [1.165, 1.54) is 36.4 Å². The van der Waals surface area contributed by atoms with Crippen molar-refractivity contribution in [1.82, 2.24) is 15.1 Å². The number of nitrogens with zero attached hydrogens (tertiary/aromatic N) is 2. The van der Waals surface area contributed by atoms with Crippen molar-refractivity contribution in [3.8, 4) is 5.69 Å².